The van der Waals surface area contributed by atoms with Gasteiger partial charge < -0.3 is 14.2 Å². The highest BCUT2D eigenvalue weighted by molar-refractivity contribution is 7.92. The molecule has 0 fully saturated rings. The molecule has 24 heavy (non-hydrogen) atoms. The molecule has 2 aromatic rings. The first-order valence-electron chi connectivity index (χ1n) is 7.20. The van der Waals surface area contributed by atoms with Crippen LogP contribution in [0.5, 0.6) is 17.2 Å². The van der Waals surface area contributed by atoms with Gasteiger partial charge in [-0.2, -0.15) is 0 Å². The van der Waals surface area contributed by atoms with Crippen LogP contribution in [0, 0.1) is 6.92 Å². The molecule has 0 aliphatic rings. The fourth-order valence-corrected chi connectivity index (χ4v) is 3.52. The molecular formula is C17H21NO5S. The van der Waals surface area contributed by atoms with Crippen LogP contribution in [0.25, 0.3) is 0 Å². The zero-order valence-corrected chi connectivity index (χ0v) is 15.2. The summed E-state index contributed by atoms with van der Waals surface area (Å²) in [6.45, 7) is 1.89. The molecule has 0 unspecified atom stereocenters. The SMILES string of the molecule is COc1ccc(S(=O)(=O)N(C)c2cc(C)ccc2OC)cc1OC. The number of aryl methyl sites for hydroxylation is 1. The summed E-state index contributed by atoms with van der Waals surface area (Å²) < 4.78 is 42.7. The van der Waals surface area contributed by atoms with Gasteiger partial charge in [0.25, 0.3) is 10.0 Å². The zero-order valence-electron chi connectivity index (χ0n) is 14.4. The standard InChI is InChI=1S/C17H21NO5S/c1-12-6-8-15(21-3)14(10-12)18(2)24(19,20)13-7-9-16(22-4)17(11-13)23-5/h6-11H,1-5H3. The van der Waals surface area contributed by atoms with Gasteiger partial charge in [-0.3, -0.25) is 4.31 Å². The van der Waals surface area contributed by atoms with Crippen LogP contribution < -0.4 is 18.5 Å². The maximum Gasteiger partial charge on any atom is 0.264 e. The predicted octanol–water partition coefficient (Wildman–Crippen LogP) is 2.85. The lowest BCUT2D eigenvalue weighted by molar-refractivity contribution is 0.354. The Morgan fingerprint density at radius 2 is 1.42 bits per heavy atom. The van der Waals surface area contributed by atoms with E-state index in [1.165, 1.54) is 44.8 Å². The molecule has 130 valence electrons. The van der Waals surface area contributed by atoms with Gasteiger partial charge in [0.2, 0.25) is 0 Å². The summed E-state index contributed by atoms with van der Waals surface area (Å²) in [5.41, 5.74) is 1.40. The van der Waals surface area contributed by atoms with Crippen molar-refractivity contribution in [2.75, 3.05) is 32.7 Å². The minimum absolute atomic E-state index is 0.103. The van der Waals surface area contributed by atoms with Crippen LogP contribution in [0.2, 0.25) is 0 Å². The quantitative estimate of drug-likeness (QED) is 0.801. The Morgan fingerprint density at radius 3 is 2.00 bits per heavy atom. The molecule has 0 amide bonds. The normalized spacial score (nSPS) is 11.0. The molecule has 0 radical (unpaired) electrons. The van der Waals surface area contributed by atoms with Crippen LogP contribution >= 0.6 is 0 Å². The molecule has 0 bridgehead atoms. The molecule has 2 aromatic carbocycles. The van der Waals surface area contributed by atoms with E-state index >= 15 is 0 Å². The number of rotatable bonds is 6. The van der Waals surface area contributed by atoms with E-state index < -0.39 is 10.0 Å². The lowest BCUT2D eigenvalue weighted by atomic mass is 10.2. The van der Waals surface area contributed by atoms with Crippen molar-refractivity contribution in [2.24, 2.45) is 0 Å². The number of hydrogen-bond donors (Lipinski definition) is 0. The molecule has 0 aliphatic heterocycles. The average molecular weight is 351 g/mol. The van der Waals surface area contributed by atoms with Crippen molar-refractivity contribution in [2.45, 2.75) is 11.8 Å². The summed E-state index contributed by atoms with van der Waals surface area (Å²) in [6, 6.07) is 9.84. The third-order valence-electron chi connectivity index (χ3n) is 3.69. The maximum atomic E-state index is 13.0. The Morgan fingerprint density at radius 1 is 0.833 bits per heavy atom. The molecule has 0 N–H and O–H groups in total. The van der Waals surface area contributed by atoms with Crippen LogP contribution in [0.15, 0.2) is 41.3 Å². The van der Waals surface area contributed by atoms with E-state index in [9.17, 15) is 8.42 Å². The second kappa shape index (κ2) is 7.00. The Bertz CT molecular complexity index is 833. The van der Waals surface area contributed by atoms with Gasteiger partial charge in [0.15, 0.2) is 11.5 Å². The van der Waals surface area contributed by atoms with Gasteiger partial charge in [-0.05, 0) is 36.8 Å². The fourth-order valence-electron chi connectivity index (χ4n) is 2.31. The van der Waals surface area contributed by atoms with E-state index in [-0.39, 0.29) is 4.90 Å². The molecule has 0 spiro atoms. The average Bonchev–Trinajstić information content (AvgIpc) is 2.60. The van der Waals surface area contributed by atoms with E-state index in [4.69, 9.17) is 14.2 Å². The largest absolute Gasteiger partial charge is 0.495 e. The van der Waals surface area contributed by atoms with Gasteiger partial charge in [-0.15, -0.1) is 0 Å². The van der Waals surface area contributed by atoms with Gasteiger partial charge in [0.05, 0.1) is 31.9 Å². The van der Waals surface area contributed by atoms with Crippen LogP contribution in [0.3, 0.4) is 0 Å². The Hall–Kier alpha value is -2.41. The van der Waals surface area contributed by atoms with E-state index in [1.807, 2.05) is 13.0 Å². The van der Waals surface area contributed by atoms with Gasteiger partial charge in [-0.1, -0.05) is 6.07 Å². The molecular weight excluding hydrogens is 330 g/mol. The van der Waals surface area contributed by atoms with Gasteiger partial charge >= 0.3 is 0 Å². The van der Waals surface area contributed by atoms with Crippen LogP contribution in [-0.2, 0) is 10.0 Å². The van der Waals surface area contributed by atoms with Crippen LogP contribution in [-0.4, -0.2) is 36.8 Å². The number of methoxy groups -OCH3 is 3. The molecule has 0 heterocycles. The first-order chi connectivity index (χ1) is 11.3. The van der Waals surface area contributed by atoms with E-state index in [2.05, 4.69) is 0 Å². The van der Waals surface area contributed by atoms with Crippen molar-refractivity contribution in [3.8, 4) is 17.2 Å². The number of nitrogens with zero attached hydrogens (tertiary/aromatic N) is 1. The summed E-state index contributed by atoms with van der Waals surface area (Å²) in [5, 5.41) is 0. The fraction of sp³-hybridized carbons (Fsp3) is 0.294. The van der Waals surface area contributed by atoms with Crippen molar-refractivity contribution in [1.29, 1.82) is 0 Å². The third kappa shape index (κ3) is 3.26. The molecule has 0 aliphatic carbocycles. The summed E-state index contributed by atoms with van der Waals surface area (Å²) in [4.78, 5) is 0.103. The van der Waals surface area contributed by atoms with Crippen LogP contribution in [0.1, 0.15) is 5.56 Å². The second-order valence-electron chi connectivity index (χ2n) is 5.16. The molecule has 6 nitrogen and oxygen atoms in total. The third-order valence-corrected chi connectivity index (χ3v) is 5.45. The lowest BCUT2D eigenvalue weighted by Crippen LogP contribution is -2.27. The van der Waals surface area contributed by atoms with E-state index in [0.29, 0.717) is 22.9 Å². The predicted molar refractivity (Wildman–Crippen MR) is 92.9 cm³/mol. The number of anilines is 1. The van der Waals surface area contributed by atoms with Gasteiger partial charge in [0.1, 0.15) is 5.75 Å². The summed E-state index contributed by atoms with van der Waals surface area (Å²) in [6.07, 6.45) is 0. The smallest absolute Gasteiger partial charge is 0.264 e. The topological polar surface area (TPSA) is 65.1 Å². The van der Waals surface area contributed by atoms with Gasteiger partial charge in [-0.25, -0.2) is 8.42 Å². The minimum Gasteiger partial charge on any atom is -0.495 e. The summed E-state index contributed by atoms with van der Waals surface area (Å²) in [5.74, 6) is 1.29. The van der Waals surface area contributed by atoms with E-state index in [0.717, 1.165) is 5.56 Å². The van der Waals surface area contributed by atoms with Crippen molar-refractivity contribution < 1.29 is 22.6 Å². The number of benzene rings is 2. The van der Waals surface area contributed by atoms with Crippen molar-refractivity contribution in [1.82, 2.24) is 0 Å². The molecule has 0 aromatic heterocycles. The highest BCUT2D eigenvalue weighted by Crippen LogP contribution is 2.35. The Kier molecular flexibility index (Phi) is 5.23. The molecule has 0 saturated heterocycles. The van der Waals surface area contributed by atoms with Gasteiger partial charge in [0, 0.05) is 13.1 Å². The Balaban J connectivity index is 2.52. The molecule has 0 saturated carbocycles. The monoisotopic (exact) mass is 351 g/mol. The molecule has 2 rings (SSSR count). The molecule has 0 atom stereocenters. The first-order valence-corrected chi connectivity index (χ1v) is 8.64. The van der Waals surface area contributed by atoms with Crippen molar-refractivity contribution >= 4 is 15.7 Å². The highest BCUT2D eigenvalue weighted by Gasteiger charge is 2.25. The zero-order chi connectivity index (χ0) is 17.9. The highest BCUT2D eigenvalue weighted by atomic mass is 32.2. The number of sulfonamides is 1. The molecule has 7 heteroatoms. The van der Waals surface area contributed by atoms with Crippen LogP contribution in [0.4, 0.5) is 5.69 Å². The summed E-state index contributed by atoms with van der Waals surface area (Å²) >= 11 is 0. The second-order valence-corrected chi connectivity index (χ2v) is 7.13. The first kappa shape index (κ1) is 17.9. The minimum atomic E-state index is -3.78. The number of ether oxygens (including phenoxy) is 3. The number of hydrogen-bond acceptors (Lipinski definition) is 5. The Labute approximate surface area is 142 Å². The van der Waals surface area contributed by atoms with Crippen molar-refractivity contribution in [3.05, 3.63) is 42.0 Å². The lowest BCUT2D eigenvalue weighted by Gasteiger charge is -2.22. The van der Waals surface area contributed by atoms with E-state index in [1.54, 1.807) is 18.2 Å². The maximum absolute atomic E-state index is 13.0. The summed E-state index contributed by atoms with van der Waals surface area (Å²) in [7, 11) is 2.17. The van der Waals surface area contributed by atoms with Crippen molar-refractivity contribution in [3.63, 3.8) is 0 Å².